The van der Waals surface area contributed by atoms with E-state index in [2.05, 4.69) is 20.9 Å². The van der Waals surface area contributed by atoms with Gasteiger partial charge in [0.15, 0.2) is 0 Å². The Bertz CT molecular complexity index is 1320. The maximum atomic E-state index is 13.9. The third-order valence-electron chi connectivity index (χ3n) is 8.17. The summed E-state index contributed by atoms with van der Waals surface area (Å²) in [7, 11) is 0. The lowest BCUT2D eigenvalue weighted by Gasteiger charge is -2.32. The summed E-state index contributed by atoms with van der Waals surface area (Å²) in [6, 6.07) is 6.24. The van der Waals surface area contributed by atoms with Gasteiger partial charge >= 0.3 is 0 Å². The van der Waals surface area contributed by atoms with Crippen LogP contribution in [0.1, 0.15) is 38.1 Å². The highest BCUT2D eigenvalue weighted by Crippen LogP contribution is 2.22. The molecule has 0 unspecified atom stereocenters. The molecule has 5 amide bonds. The second-order valence-corrected chi connectivity index (χ2v) is 11.3. The highest BCUT2D eigenvalue weighted by Gasteiger charge is 2.43. The van der Waals surface area contributed by atoms with Crippen molar-refractivity contribution in [2.75, 3.05) is 26.2 Å². The van der Waals surface area contributed by atoms with Gasteiger partial charge in [-0.3, -0.25) is 24.0 Å². The Morgan fingerprint density at radius 1 is 1.12 bits per heavy atom. The third kappa shape index (κ3) is 7.98. The van der Waals surface area contributed by atoms with Crippen LogP contribution in [0.15, 0.2) is 42.7 Å². The number of aliphatic hydroxyl groups is 1. The van der Waals surface area contributed by atoms with Gasteiger partial charge in [-0.2, -0.15) is 0 Å². The number of carbonyl (C=O) groups excluding carboxylic acids is 5. The van der Waals surface area contributed by atoms with Crippen molar-refractivity contribution in [3.8, 4) is 0 Å². The molecule has 4 N–H and O–H groups in total. The normalized spacial score (nSPS) is 24.7. The zero-order valence-electron chi connectivity index (χ0n) is 24.9. The van der Waals surface area contributed by atoms with Crippen LogP contribution in [0.25, 0.3) is 0 Å². The molecule has 0 aliphatic carbocycles. The van der Waals surface area contributed by atoms with E-state index >= 15 is 0 Å². The molecule has 1 aromatic heterocycles. The first-order chi connectivity index (χ1) is 20.6. The number of aromatic nitrogens is 2. The minimum absolute atomic E-state index is 0.00830. The fourth-order valence-electron chi connectivity index (χ4n) is 5.43. The lowest BCUT2D eigenvalue weighted by atomic mass is 9.97. The lowest BCUT2D eigenvalue weighted by molar-refractivity contribution is -0.143. The van der Waals surface area contributed by atoms with E-state index in [1.54, 1.807) is 23.9 Å². The van der Waals surface area contributed by atoms with E-state index in [-0.39, 0.29) is 57.4 Å². The van der Waals surface area contributed by atoms with Gasteiger partial charge < -0.3 is 35.4 Å². The summed E-state index contributed by atoms with van der Waals surface area (Å²) in [6.07, 6.45) is 3.07. The van der Waals surface area contributed by atoms with Crippen LogP contribution in [0.3, 0.4) is 0 Å². The smallest absolute Gasteiger partial charge is 0.246 e. The highest BCUT2D eigenvalue weighted by atomic mass is 16.3. The molecule has 0 spiro atoms. The van der Waals surface area contributed by atoms with Gasteiger partial charge in [0.2, 0.25) is 29.5 Å². The number of aryl methyl sites for hydroxylation is 1. The predicted octanol–water partition coefficient (Wildman–Crippen LogP) is -0.630. The molecule has 2 aliphatic rings. The average Bonchev–Trinajstić information content (AvgIpc) is 3.58. The van der Waals surface area contributed by atoms with Crippen LogP contribution >= 0.6 is 0 Å². The molecule has 0 bridgehead atoms. The topological polar surface area (TPSA) is 166 Å². The Kier molecular flexibility index (Phi) is 10.5. The zero-order valence-corrected chi connectivity index (χ0v) is 24.9. The first-order valence-corrected chi connectivity index (χ1v) is 14.7. The number of imidazole rings is 1. The number of aliphatic hydroxyl groups excluding tert-OH is 1. The van der Waals surface area contributed by atoms with E-state index in [9.17, 15) is 29.1 Å². The molecule has 2 aromatic rings. The molecule has 13 nitrogen and oxygen atoms in total. The second kappa shape index (κ2) is 14.3. The van der Waals surface area contributed by atoms with E-state index in [0.717, 1.165) is 5.56 Å². The minimum Gasteiger partial charge on any atom is -0.391 e. The maximum Gasteiger partial charge on any atom is 0.246 e. The third-order valence-corrected chi connectivity index (χ3v) is 8.17. The molecule has 13 heteroatoms. The van der Waals surface area contributed by atoms with Gasteiger partial charge in [0.25, 0.3) is 0 Å². The van der Waals surface area contributed by atoms with Crippen molar-refractivity contribution in [1.29, 1.82) is 0 Å². The number of hydrogen-bond acceptors (Lipinski definition) is 7. The van der Waals surface area contributed by atoms with E-state index < -0.39 is 47.9 Å². The number of hydrogen-bond donors (Lipinski definition) is 4. The second-order valence-electron chi connectivity index (χ2n) is 11.3. The summed E-state index contributed by atoms with van der Waals surface area (Å²) in [4.78, 5) is 74.2. The molecule has 232 valence electrons. The summed E-state index contributed by atoms with van der Waals surface area (Å²) >= 11 is 0. The van der Waals surface area contributed by atoms with Crippen LogP contribution in [0, 0.1) is 12.8 Å². The molecule has 1 aromatic carbocycles. The average molecular weight is 596 g/mol. The molecular formula is C30H41N7O6. The molecule has 2 fully saturated rings. The van der Waals surface area contributed by atoms with Gasteiger partial charge in [-0.15, -0.1) is 0 Å². The van der Waals surface area contributed by atoms with Crippen LogP contribution in [0.2, 0.25) is 0 Å². The van der Waals surface area contributed by atoms with Gasteiger partial charge in [0.1, 0.15) is 30.5 Å². The van der Waals surface area contributed by atoms with Crippen LogP contribution in [-0.4, -0.2) is 104 Å². The molecule has 2 aliphatic heterocycles. The summed E-state index contributed by atoms with van der Waals surface area (Å²) in [5.41, 5.74) is 0.819. The molecule has 43 heavy (non-hydrogen) atoms. The summed E-state index contributed by atoms with van der Waals surface area (Å²) in [5.74, 6) is -2.09. The van der Waals surface area contributed by atoms with Crippen molar-refractivity contribution in [1.82, 2.24) is 35.3 Å². The van der Waals surface area contributed by atoms with E-state index in [4.69, 9.17) is 0 Å². The molecular weight excluding hydrogens is 554 g/mol. The summed E-state index contributed by atoms with van der Waals surface area (Å²) in [5, 5.41) is 18.9. The van der Waals surface area contributed by atoms with Gasteiger partial charge in [-0.25, -0.2) is 4.98 Å². The van der Waals surface area contributed by atoms with Crippen molar-refractivity contribution < 1.29 is 29.1 Å². The van der Waals surface area contributed by atoms with Crippen LogP contribution < -0.4 is 16.0 Å². The Morgan fingerprint density at radius 3 is 2.53 bits per heavy atom. The number of nitrogens with zero attached hydrogens (tertiary/aromatic N) is 4. The van der Waals surface area contributed by atoms with Crippen molar-refractivity contribution in [2.45, 2.75) is 70.8 Å². The maximum absolute atomic E-state index is 13.9. The number of carbonyl (C=O) groups is 5. The van der Waals surface area contributed by atoms with Crippen molar-refractivity contribution in [3.63, 3.8) is 0 Å². The van der Waals surface area contributed by atoms with E-state index in [1.807, 2.05) is 44.2 Å². The standard InChI is InChI=1S/C30H41N7O6/c1-4-19(2)27-30(43)37-16-22(38)15-24(37)29(42)33-23(14-21-8-6-5-7-9-21)28(41)32-11-13-36(17-25(39)34-27)26(40)18-35-12-10-31-20(35)3/h5-10,12,19,22-24,27,38H,4,11,13-18H2,1-3H3,(H,32,41)(H,33,42)(H,34,39)/t19-,22+,23-,24-,27-/m0/s1. The fraction of sp³-hybridized carbons (Fsp3) is 0.533. The zero-order chi connectivity index (χ0) is 31.1. The van der Waals surface area contributed by atoms with E-state index in [0.29, 0.717) is 12.2 Å². The molecule has 4 rings (SSSR count). The Balaban J connectivity index is 1.65. The molecule has 2 saturated heterocycles. The van der Waals surface area contributed by atoms with Gasteiger partial charge in [-0.1, -0.05) is 50.6 Å². The van der Waals surface area contributed by atoms with Crippen molar-refractivity contribution in [3.05, 3.63) is 54.1 Å². The predicted molar refractivity (Wildman–Crippen MR) is 156 cm³/mol. The monoisotopic (exact) mass is 595 g/mol. The van der Waals surface area contributed by atoms with Crippen LogP contribution in [0.4, 0.5) is 0 Å². The molecule has 0 radical (unpaired) electrons. The minimum atomic E-state index is -1.02. The highest BCUT2D eigenvalue weighted by molar-refractivity contribution is 5.95. The van der Waals surface area contributed by atoms with Gasteiger partial charge in [0, 0.05) is 44.9 Å². The molecule has 3 heterocycles. The summed E-state index contributed by atoms with van der Waals surface area (Å²) < 4.78 is 1.66. The number of nitrogens with one attached hydrogen (secondary N) is 3. The first kappa shape index (κ1) is 31.7. The van der Waals surface area contributed by atoms with Gasteiger partial charge in [-0.05, 0) is 18.4 Å². The molecule has 0 saturated carbocycles. The SMILES string of the molecule is CC[C@H](C)[C@@H]1NC(=O)CN(C(=O)Cn2ccnc2C)CCNC(=O)[C@H](Cc2ccccc2)NC(=O)[C@@H]2C[C@@H](O)CN2C1=O. The molecule has 5 atom stereocenters. The number of amides is 5. The summed E-state index contributed by atoms with van der Waals surface area (Å²) in [6.45, 7) is 5.06. The number of fused-ring (bicyclic) bond motifs is 1. The van der Waals surface area contributed by atoms with Gasteiger partial charge in [0.05, 0.1) is 12.6 Å². The number of rotatable bonds is 6. The Hall–Kier alpha value is -4.26. The largest absolute Gasteiger partial charge is 0.391 e. The Labute approximate surface area is 251 Å². The van der Waals surface area contributed by atoms with Crippen LogP contribution in [0.5, 0.6) is 0 Å². The van der Waals surface area contributed by atoms with Crippen molar-refractivity contribution >= 4 is 29.5 Å². The van der Waals surface area contributed by atoms with E-state index in [1.165, 1.54) is 9.80 Å². The first-order valence-electron chi connectivity index (χ1n) is 14.7. The lowest BCUT2D eigenvalue weighted by Crippen LogP contribution is -2.58. The number of benzene rings is 1. The fourth-order valence-corrected chi connectivity index (χ4v) is 5.43. The van der Waals surface area contributed by atoms with Crippen molar-refractivity contribution in [2.24, 2.45) is 5.92 Å². The van der Waals surface area contributed by atoms with Crippen LogP contribution in [-0.2, 0) is 36.9 Å². The quantitative estimate of drug-likeness (QED) is 0.345. The Morgan fingerprint density at radius 2 is 1.86 bits per heavy atom.